The van der Waals surface area contributed by atoms with Gasteiger partial charge in [0.05, 0.1) is 6.10 Å². The van der Waals surface area contributed by atoms with Crippen molar-refractivity contribution in [2.24, 2.45) is 22.7 Å². The van der Waals surface area contributed by atoms with Gasteiger partial charge in [-0.25, -0.2) is 0 Å². The van der Waals surface area contributed by atoms with Crippen LogP contribution in [0.3, 0.4) is 0 Å². The van der Waals surface area contributed by atoms with Crippen molar-refractivity contribution < 1.29 is 5.11 Å². The van der Waals surface area contributed by atoms with Gasteiger partial charge in [-0.2, -0.15) is 0 Å². The minimum Gasteiger partial charge on any atom is -0.388 e. The van der Waals surface area contributed by atoms with Crippen LogP contribution in [0.25, 0.3) is 0 Å². The fourth-order valence-corrected chi connectivity index (χ4v) is 3.72. The molecule has 2 saturated carbocycles. The van der Waals surface area contributed by atoms with Gasteiger partial charge in [-0.05, 0) is 47.5 Å². The van der Waals surface area contributed by atoms with Crippen molar-refractivity contribution >= 4 is 0 Å². The van der Waals surface area contributed by atoms with Crippen molar-refractivity contribution in [2.45, 2.75) is 46.1 Å². The standard InChI is InChI=1S/C15H24O/c1-6-15(5)8-7-11-9-12(15)10(2)13(16)14(11,3)4/h6,11-13,16H,1-2,7-9H2,3-5H3. The van der Waals surface area contributed by atoms with Crippen LogP contribution >= 0.6 is 0 Å². The summed E-state index contributed by atoms with van der Waals surface area (Å²) in [6.07, 6.45) is 5.28. The number of aliphatic hydroxyl groups excluding tert-OH is 1. The molecule has 0 aromatic heterocycles. The van der Waals surface area contributed by atoms with Crippen LogP contribution in [0, 0.1) is 22.7 Å². The summed E-state index contributed by atoms with van der Waals surface area (Å²) in [6, 6.07) is 0. The van der Waals surface area contributed by atoms with Crippen molar-refractivity contribution in [3.05, 3.63) is 24.8 Å². The van der Waals surface area contributed by atoms with Crippen LogP contribution in [0.15, 0.2) is 24.8 Å². The molecular weight excluding hydrogens is 196 g/mol. The van der Waals surface area contributed by atoms with E-state index in [4.69, 9.17) is 0 Å². The van der Waals surface area contributed by atoms with E-state index in [-0.39, 0.29) is 16.9 Å². The van der Waals surface area contributed by atoms with Gasteiger partial charge in [0, 0.05) is 0 Å². The quantitative estimate of drug-likeness (QED) is 0.670. The minimum atomic E-state index is -0.351. The third kappa shape index (κ3) is 1.41. The first kappa shape index (κ1) is 11.9. The summed E-state index contributed by atoms with van der Waals surface area (Å²) >= 11 is 0. The summed E-state index contributed by atoms with van der Waals surface area (Å²) in [7, 11) is 0. The molecule has 0 heterocycles. The number of hydrogen-bond acceptors (Lipinski definition) is 1. The van der Waals surface area contributed by atoms with Crippen LogP contribution in [0.5, 0.6) is 0 Å². The Labute approximate surface area is 99.3 Å². The zero-order valence-electron chi connectivity index (χ0n) is 10.8. The van der Waals surface area contributed by atoms with Gasteiger partial charge >= 0.3 is 0 Å². The normalized spacial score (nSPS) is 46.5. The summed E-state index contributed by atoms with van der Waals surface area (Å²) in [5.41, 5.74) is 1.17. The average Bonchev–Trinajstić information content (AvgIpc) is 2.26. The number of allylic oxidation sites excluding steroid dienone is 1. The number of fused-ring (bicyclic) bond motifs is 2. The highest BCUT2D eigenvalue weighted by Gasteiger charge is 2.52. The van der Waals surface area contributed by atoms with E-state index in [0.29, 0.717) is 11.8 Å². The molecule has 0 aromatic carbocycles. The van der Waals surface area contributed by atoms with Gasteiger partial charge in [0.25, 0.3) is 0 Å². The summed E-state index contributed by atoms with van der Waals surface area (Å²) in [5, 5.41) is 10.4. The Morgan fingerprint density at radius 3 is 2.56 bits per heavy atom. The van der Waals surface area contributed by atoms with E-state index in [1.807, 2.05) is 0 Å². The number of rotatable bonds is 1. The van der Waals surface area contributed by atoms with Crippen molar-refractivity contribution in [3.8, 4) is 0 Å². The molecule has 2 aliphatic rings. The van der Waals surface area contributed by atoms with Crippen molar-refractivity contribution in [3.63, 3.8) is 0 Å². The Bertz CT molecular complexity index is 328. The maximum atomic E-state index is 10.4. The van der Waals surface area contributed by atoms with E-state index in [1.165, 1.54) is 19.3 Å². The topological polar surface area (TPSA) is 20.2 Å². The monoisotopic (exact) mass is 220 g/mol. The van der Waals surface area contributed by atoms with Gasteiger partial charge in [-0.1, -0.05) is 33.4 Å². The molecule has 0 spiro atoms. The Kier molecular flexibility index (Phi) is 2.58. The molecule has 2 bridgehead atoms. The molecule has 4 atom stereocenters. The molecule has 90 valence electrons. The fourth-order valence-electron chi connectivity index (χ4n) is 3.72. The van der Waals surface area contributed by atoms with Gasteiger partial charge < -0.3 is 5.11 Å². The third-order valence-electron chi connectivity index (χ3n) is 5.37. The maximum Gasteiger partial charge on any atom is 0.0804 e. The van der Waals surface area contributed by atoms with E-state index in [9.17, 15) is 5.11 Å². The largest absolute Gasteiger partial charge is 0.388 e. The highest BCUT2D eigenvalue weighted by Crippen LogP contribution is 2.58. The Morgan fingerprint density at radius 1 is 1.38 bits per heavy atom. The number of aliphatic hydroxyl groups is 1. The molecule has 0 aromatic rings. The molecular formula is C15H24O. The first-order valence-corrected chi connectivity index (χ1v) is 6.33. The van der Waals surface area contributed by atoms with Crippen molar-refractivity contribution in [1.29, 1.82) is 0 Å². The van der Waals surface area contributed by atoms with E-state index in [2.05, 4.69) is 40.0 Å². The van der Waals surface area contributed by atoms with Crippen LogP contribution in [0.1, 0.15) is 40.0 Å². The molecule has 1 N–H and O–H groups in total. The smallest absolute Gasteiger partial charge is 0.0804 e. The van der Waals surface area contributed by atoms with Gasteiger partial charge in [0.2, 0.25) is 0 Å². The van der Waals surface area contributed by atoms with Gasteiger partial charge in [-0.3, -0.25) is 0 Å². The second-order valence-corrected chi connectivity index (χ2v) is 6.53. The average molecular weight is 220 g/mol. The Morgan fingerprint density at radius 2 is 2.00 bits per heavy atom. The lowest BCUT2D eigenvalue weighted by molar-refractivity contribution is -0.0547. The lowest BCUT2D eigenvalue weighted by Crippen LogP contribution is -2.51. The summed E-state index contributed by atoms with van der Waals surface area (Å²) in [6.45, 7) is 14.8. The molecule has 0 radical (unpaired) electrons. The van der Waals surface area contributed by atoms with Crippen LogP contribution in [-0.2, 0) is 0 Å². The van der Waals surface area contributed by atoms with Gasteiger partial charge in [0.1, 0.15) is 0 Å². The zero-order valence-corrected chi connectivity index (χ0v) is 10.8. The molecule has 0 amide bonds. The first-order valence-electron chi connectivity index (χ1n) is 6.33. The van der Waals surface area contributed by atoms with Crippen LogP contribution in [0.2, 0.25) is 0 Å². The summed E-state index contributed by atoms with van der Waals surface area (Å²) in [5.74, 6) is 1.05. The van der Waals surface area contributed by atoms with Crippen molar-refractivity contribution in [2.75, 3.05) is 0 Å². The molecule has 1 nitrogen and oxygen atoms in total. The Hall–Kier alpha value is -0.560. The van der Waals surface area contributed by atoms with Gasteiger partial charge in [0.15, 0.2) is 0 Å². The predicted octanol–water partition coefficient (Wildman–Crippen LogP) is 3.55. The summed E-state index contributed by atoms with van der Waals surface area (Å²) < 4.78 is 0. The SMILES string of the molecule is C=CC1(C)CCC2CC1C(=C)C(O)C2(C)C. The van der Waals surface area contributed by atoms with Crippen LogP contribution in [0.4, 0.5) is 0 Å². The van der Waals surface area contributed by atoms with Gasteiger partial charge in [-0.15, -0.1) is 6.58 Å². The van der Waals surface area contributed by atoms with E-state index < -0.39 is 0 Å². The molecule has 2 fully saturated rings. The molecule has 4 unspecified atom stereocenters. The highest BCUT2D eigenvalue weighted by molar-refractivity contribution is 5.24. The van der Waals surface area contributed by atoms with E-state index >= 15 is 0 Å². The molecule has 1 heteroatoms. The second-order valence-electron chi connectivity index (χ2n) is 6.53. The fraction of sp³-hybridized carbons (Fsp3) is 0.733. The van der Waals surface area contributed by atoms with E-state index in [1.54, 1.807) is 0 Å². The lowest BCUT2D eigenvalue weighted by atomic mass is 9.50. The minimum absolute atomic E-state index is 0.00389. The lowest BCUT2D eigenvalue weighted by Gasteiger charge is -2.55. The highest BCUT2D eigenvalue weighted by atomic mass is 16.3. The predicted molar refractivity (Wildman–Crippen MR) is 68.1 cm³/mol. The Balaban J connectivity index is 2.37. The molecule has 2 aliphatic carbocycles. The summed E-state index contributed by atoms with van der Waals surface area (Å²) in [4.78, 5) is 0. The number of hydrogen-bond donors (Lipinski definition) is 1. The maximum absolute atomic E-state index is 10.4. The first-order chi connectivity index (χ1) is 7.33. The zero-order chi connectivity index (χ0) is 12.1. The molecule has 0 aliphatic heterocycles. The van der Waals surface area contributed by atoms with Crippen molar-refractivity contribution in [1.82, 2.24) is 0 Å². The molecule has 0 saturated heterocycles. The third-order valence-corrected chi connectivity index (χ3v) is 5.37. The second kappa shape index (κ2) is 3.46. The molecule has 16 heavy (non-hydrogen) atoms. The molecule has 2 rings (SSSR count). The van der Waals surface area contributed by atoms with Crippen LogP contribution < -0.4 is 0 Å². The van der Waals surface area contributed by atoms with E-state index in [0.717, 1.165) is 5.57 Å². The van der Waals surface area contributed by atoms with Crippen LogP contribution in [-0.4, -0.2) is 11.2 Å².